The van der Waals surface area contributed by atoms with Gasteiger partial charge in [-0.3, -0.25) is 14.5 Å². The van der Waals surface area contributed by atoms with Crippen molar-refractivity contribution in [3.8, 4) is 17.2 Å². The molecule has 4 heterocycles. The number of benzene rings is 2. The van der Waals surface area contributed by atoms with E-state index in [-0.39, 0.29) is 29.9 Å². The fourth-order valence-corrected chi connectivity index (χ4v) is 6.36. The summed E-state index contributed by atoms with van der Waals surface area (Å²) in [6.45, 7) is 5.12. The third-order valence-corrected chi connectivity index (χ3v) is 9.00. The molecule has 0 spiro atoms. The lowest BCUT2D eigenvalue weighted by Crippen LogP contribution is -2.43. The zero-order valence-corrected chi connectivity index (χ0v) is 23.7. The fraction of sp³-hybridized carbons (Fsp3) is 0.367. The zero-order valence-electron chi connectivity index (χ0n) is 22.2. The number of halogens is 1. The molecule has 3 atom stereocenters. The molecule has 1 saturated carbocycles. The molecule has 1 aliphatic carbocycles. The fourth-order valence-electron chi connectivity index (χ4n) is 5.85. The van der Waals surface area contributed by atoms with E-state index in [2.05, 4.69) is 48.4 Å². The number of pyridine rings is 1. The largest absolute Gasteiger partial charge is 0.487 e. The minimum Gasteiger partial charge on any atom is -0.487 e. The van der Waals surface area contributed by atoms with Crippen molar-refractivity contribution in [3.63, 3.8) is 0 Å². The van der Waals surface area contributed by atoms with Gasteiger partial charge in [-0.15, -0.1) is 0 Å². The number of piperazine rings is 1. The number of amides is 2. The number of rotatable bonds is 6. The second-order valence-corrected chi connectivity index (χ2v) is 11.8. The van der Waals surface area contributed by atoms with Crippen LogP contribution < -0.4 is 20.1 Å². The highest BCUT2D eigenvalue weighted by Crippen LogP contribution is 2.54. The molecule has 3 aromatic rings. The van der Waals surface area contributed by atoms with Crippen LogP contribution in [0.4, 0.5) is 5.82 Å². The Morgan fingerprint density at radius 3 is 2.83 bits per heavy atom. The molecular weight excluding hydrogens is 574 g/mol. The van der Waals surface area contributed by atoms with Crippen LogP contribution in [0.1, 0.15) is 39.4 Å². The molecule has 0 unspecified atom stereocenters. The standard InChI is InChI=1S/C30H30BrN5O4/c1-35-10-12-36(13-11-35)16-18-3-2-17(14-22(18)31)30(38)34-27-26-21-15-19(4-6-23(21)40-28(26)27)39-24-8-9-32-29-20(24)5-7-25(37)33-29/h2-4,6,8-9,14-15,26-28H,5,7,10-13,16H2,1H3,(H,34,38)(H,32,33,37)/t26-,27+,28-/m0/s1. The summed E-state index contributed by atoms with van der Waals surface area (Å²) in [6.07, 6.45) is 2.56. The normalized spacial score (nSPS) is 23.4. The van der Waals surface area contributed by atoms with Crippen molar-refractivity contribution in [3.05, 3.63) is 75.4 Å². The van der Waals surface area contributed by atoms with E-state index in [0.29, 0.717) is 35.7 Å². The molecule has 0 bridgehead atoms. The summed E-state index contributed by atoms with van der Waals surface area (Å²) in [6, 6.07) is 13.4. The molecule has 7 rings (SSSR count). The van der Waals surface area contributed by atoms with E-state index in [0.717, 1.165) is 54.1 Å². The van der Waals surface area contributed by atoms with Crippen molar-refractivity contribution >= 4 is 33.6 Å². The van der Waals surface area contributed by atoms with E-state index >= 15 is 0 Å². The number of carbonyl (C=O) groups excluding carboxylic acids is 2. The smallest absolute Gasteiger partial charge is 0.251 e. The molecule has 4 aliphatic rings. The first-order valence-electron chi connectivity index (χ1n) is 13.7. The molecule has 10 heteroatoms. The Kier molecular flexibility index (Phi) is 6.48. The highest BCUT2D eigenvalue weighted by molar-refractivity contribution is 9.10. The molecule has 2 amide bonds. The SMILES string of the molecule is CN1CCN(Cc2ccc(C(=O)N[C@H]3[C@H]4Oc5ccc(Oc6ccnc7c6CCC(=O)N7)cc5[C@@H]34)cc2Br)CC1. The Morgan fingerprint density at radius 1 is 1.15 bits per heavy atom. The van der Waals surface area contributed by atoms with Gasteiger partial charge in [-0.05, 0) is 55.4 Å². The van der Waals surface area contributed by atoms with Crippen LogP contribution in [-0.4, -0.2) is 72.0 Å². The third-order valence-electron chi connectivity index (χ3n) is 8.26. The summed E-state index contributed by atoms with van der Waals surface area (Å²) >= 11 is 3.69. The monoisotopic (exact) mass is 603 g/mol. The predicted molar refractivity (Wildman–Crippen MR) is 153 cm³/mol. The molecule has 2 fully saturated rings. The quantitative estimate of drug-likeness (QED) is 0.441. The highest BCUT2D eigenvalue weighted by Gasteiger charge is 2.59. The maximum absolute atomic E-state index is 13.1. The maximum atomic E-state index is 13.1. The van der Waals surface area contributed by atoms with Crippen molar-refractivity contribution in [2.24, 2.45) is 0 Å². The van der Waals surface area contributed by atoms with E-state index in [1.807, 2.05) is 42.5 Å². The third kappa shape index (κ3) is 4.84. The Balaban J connectivity index is 1.00. The molecule has 1 saturated heterocycles. The summed E-state index contributed by atoms with van der Waals surface area (Å²) in [5.74, 6) is 2.71. The van der Waals surface area contributed by atoms with Crippen molar-refractivity contribution in [1.29, 1.82) is 0 Å². The molecule has 0 radical (unpaired) electrons. The first-order valence-corrected chi connectivity index (χ1v) is 14.5. The van der Waals surface area contributed by atoms with Gasteiger partial charge < -0.3 is 25.0 Å². The van der Waals surface area contributed by atoms with Crippen molar-refractivity contribution in [2.75, 3.05) is 38.5 Å². The first kappa shape index (κ1) is 25.5. The van der Waals surface area contributed by atoms with Crippen molar-refractivity contribution < 1.29 is 19.1 Å². The summed E-state index contributed by atoms with van der Waals surface area (Å²) in [7, 11) is 2.16. The number of hydrogen-bond donors (Lipinski definition) is 2. The van der Waals surface area contributed by atoms with Crippen LogP contribution in [-0.2, 0) is 17.8 Å². The van der Waals surface area contributed by atoms with Gasteiger partial charge in [-0.1, -0.05) is 22.0 Å². The average molecular weight is 605 g/mol. The van der Waals surface area contributed by atoms with Crippen LogP contribution >= 0.6 is 15.9 Å². The topological polar surface area (TPSA) is 96.0 Å². The van der Waals surface area contributed by atoms with Crippen LogP contribution in [0.5, 0.6) is 17.2 Å². The number of ether oxygens (including phenoxy) is 2. The van der Waals surface area contributed by atoms with Gasteiger partial charge in [-0.2, -0.15) is 0 Å². The van der Waals surface area contributed by atoms with E-state index in [9.17, 15) is 9.59 Å². The molecule has 2 N–H and O–H groups in total. The lowest BCUT2D eigenvalue weighted by molar-refractivity contribution is -0.116. The second-order valence-electron chi connectivity index (χ2n) is 11.0. The lowest BCUT2D eigenvalue weighted by Gasteiger charge is -2.32. The maximum Gasteiger partial charge on any atom is 0.251 e. The Hall–Kier alpha value is -3.47. The number of hydrogen-bond acceptors (Lipinski definition) is 7. The number of nitrogens with one attached hydrogen (secondary N) is 2. The summed E-state index contributed by atoms with van der Waals surface area (Å²) < 4.78 is 13.3. The lowest BCUT2D eigenvalue weighted by atomic mass is 10.1. The van der Waals surface area contributed by atoms with E-state index in [4.69, 9.17) is 9.47 Å². The number of fused-ring (bicyclic) bond motifs is 4. The van der Waals surface area contributed by atoms with Gasteiger partial charge in [0.05, 0.1) is 12.0 Å². The molecule has 206 valence electrons. The highest BCUT2D eigenvalue weighted by atomic mass is 79.9. The molecule has 9 nitrogen and oxygen atoms in total. The van der Waals surface area contributed by atoms with E-state index in [1.54, 1.807) is 6.20 Å². The zero-order chi connectivity index (χ0) is 27.4. The summed E-state index contributed by atoms with van der Waals surface area (Å²) in [4.78, 5) is 33.9. The number of nitrogens with zero attached hydrogens (tertiary/aromatic N) is 3. The minimum absolute atomic E-state index is 0.0337. The van der Waals surface area contributed by atoms with E-state index in [1.165, 1.54) is 5.56 Å². The molecule has 2 aromatic carbocycles. The van der Waals surface area contributed by atoms with Gasteiger partial charge in [0.15, 0.2) is 0 Å². The molecule has 40 heavy (non-hydrogen) atoms. The first-order chi connectivity index (χ1) is 19.4. The predicted octanol–water partition coefficient (Wildman–Crippen LogP) is 3.93. The number of aromatic nitrogens is 1. The van der Waals surface area contributed by atoms with E-state index < -0.39 is 0 Å². The van der Waals surface area contributed by atoms with Gasteiger partial charge in [-0.25, -0.2) is 4.98 Å². The Labute approximate surface area is 241 Å². The van der Waals surface area contributed by atoms with Gasteiger partial charge in [0.25, 0.3) is 5.91 Å². The van der Waals surface area contributed by atoms with Gasteiger partial charge >= 0.3 is 0 Å². The van der Waals surface area contributed by atoms with Crippen LogP contribution in [0.3, 0.4) is 0 Å². The van der Waals surface area contributed by atoms with Gasteiger partial charge in [0.1, 0.15) is 29.2 Å². The average Bonchev–Trinajstić information content (AvgIpc) is 3.47. The van der Waals surface area contributed by atoms with Crippen molar-refractivity contribution in [1.82, 2.24) is 20.1 Å². The summed E-state index contributed by atoms with van der Waals surface area (Å²) in [5, 5.41) is 5.98. The van der Waals surface area contributed by atoms with Crippen molar-refractivity contribution in [2.45, 2.75) is 37.5 Å². The van der Waals surface area contributed by atoms with Gasteiger partial charge in [0, 0.05) is 66.5 Å². The number of anilines is 1. The van der Waals surface area contributed by atoms with Crippen LogP contribution in [0.25, 0.3) is 0 Å². The Morgan fingerprint density at radius 2 is 2.00 bits per heavy atom. The Bertz CT molecular complexity index is 1510. The molecule has 3 aliphatic heterocycles. The van der Waals surface area contributed by atoms with Crippen LogP contribution in [0.15, 0.2) is 53.1 Å². The van der Waals surface area contributed by atoms with Crippen LogP contribution in [0, 0.1) is 0 Å². The van der Waals surface area contributed by atoms with Crippen LogP contribution in [0.2, 0.25) is 0 Å². The molecule has 1 aromatic heterocycles. The number of likely N-dealkylation sites (N-methyl/N-ethyl adjacent to an activating group) is 1. The summed E-state index contributed by atoms with van der Waals surface area (Å²) in [5.41, 5.74) is 3.75. The van der Waals surface area contributed by atoms with Gasteiger partial charge in [0.2, 0.25) is 5.91 Å². The second kappa shape index (κ2) is 10.2. The minimum atomic E-state index is -0.103. The number of carbonyl (C=O) groups is 2. The molecular formula is C30H30BrN5O4.